The first-order valence-corrected chi connectivity index (χ1v) is 11.2. The third-order valence-corrected chi connectivity index (χ3v) is 5.47. The van der Waals surface area contributed by atoms with E-state index in [-0.39, 0.29) is 12.1 Å². The van der Waals surface area contributed by atoms with Gasteiger partial charge in [-0.1, -0.05) is 77.4 Å². The summed E-state index contributed by atoms with van der Waals surface area (Å²) in [6.45, 7) is 4.99. The summed E-state index contributed by atoms with van der Waals surface area (Å²) in [7, 11) is 0. The van der Waals surface area contributed by atoms with Crippen molar-refractivity contribution in [3.8, 4) is 0 Å². The molecular weight excluding hydrogens is 322 g/mol. The zero-order valence-electron chi connectivity index (χ0n) is 17.5. The largest absolute Gasteiger partial charge is 0.478 e. The fraction of sp³-hybridized carbons (Fsp3) is 0.870. The highest BCUT2D eigenvalue weighted by Gasteiger charge is 2.33. The van der Waals surface area contributed by atoms with Crippen LogP contribution in [0.3, 0.4) is 0 Å². The predicted octanol–water partition coefficient (Wildman–Crippen LogP) is 6.59. The van der Waals surface area contributed by atoms with Gasteiger partial charge in [-0.2, -0.15) is 0 Å². The van der Waals surface area contributed by atoms with E-state index in [1.807, 2.05) is 0 Å². The molecule has 1 N–H and O–H groups in total. The smallest absolute Gasteiger partial charge is 0.184 e. The van der Waals surface area contributed by atoms with E-state index in [0.717, 1.165) is 25.2 Å². The van der Waals surface area contributed by atoms with Crippen LogP contribution in [0, 0.1) is 0 Å². The van der Waals surface area contributed by atoms with Gasteiger partial charge in [-0.15, -0.1) is 0 Å². The fourth-order valence-corrected chi connectivity index (χ4v) is 3.40. The average molecular weight is 366 g/mol. The first kappa shape index (κ1) is 23.2. The lowest BCUT2D eigenvalue weighted by Crippen LogP contribution is -2.31. The Bertz CT molecular complexity index is 386. The number of aliphatic hydroxyl groups is 1. The molecule has 0 radical (unpaired) electrons. The maximum Gasteiger partial charge on any atom is 0.184 e. The second kappa shape index (κ2) is 15.2. The molecule has 1 aliphatic rings. The van der Waals surface area contributed by atoms with Crippen molar-refractivity contribution in [3.05, 3.63) is 12.2 Å². The Kier molecular flexibility index (Phi) is 13.6. The van der Waals surface area contributed by atoms with Crippen molar-refractivity contribution in [2.24, 2.45) is 4.99 Å². The summed E-state index contributed by atoms with van der Waals surface area (Å²) < 4.78 is 5.65. The Morgan fingerprint density at radius 1 is 0.885 bits per heavy atom. The van der Waals surface area contributed by atoms with Crippen LogP contribution in [0.15, 0.2) is 17.1 Å². The molecule has 0 aromatic rings. The lowest BCUT2D eigenvalue weighted by molar-refractivity contribution is 0.153. The van der Waals surface area contributed by atoms with Crippen LogP contribution < -0.4 is 0 Å². The van der Waals surface area contributed by atoms with Crippen molar-refractivity contribution >= 4 is 5.90 Å². The van der Waals surface area contributed by atoms with Gasteiger partial charge in [-0.3, -0.25) is 0 Å². The Labute approximate surface area is 162 Å². The van der Waals surface area contributed by atoms with E-state index >= 15 is 0 Å². The minimum atomic E-state index is -0.350. The van der Waals surface area contributed by atoms with Crippen LogP contribution in [0.2, 0.25) is 0 Å². The second-order valence-corrected chi connectivity index (χ2v) is 7.86. The van der Waals surface area contributed by atoms with E-state index in [4.69, 9.17) is 4.74 Å². The van der Waals surface area contributed by atoms with Gasteiger partial charge in [0.1, 0.15) is 12.1 Å². The molecule has 0 spiro atoms. The van der Waals surface area contributed by atoms with Crippen LogP contribution in [-0.4, -0.2) is 29.8 Å². The number of rotatable bonds is 17. The second-order valence-electron chi connectivity index (χ2n) is 7.86. The summed E-state index contributed by atoms with van der Waals surface area (Å²) in [5.41, 5.74) is -0.350. The molecule has 3 heteroatoms. The minimum absolute atomic E-state index is 0.0966. The van der Waals surface area contributed by atoms with Gasteiger partial charge in [0, 0.05) is 6.42 Å². The lowest BCUT2D eigenvalue weighted by Gasteiger charge is -2.17. The molecule has 0 bridgehead atoms. The van der Waals surface area contributed by atoms with E-state index in [9.17, 15) is 5.11 Å². The summed E-state index contributed by atoms with van der Waals surface area (Å²) >= 11 is 0. The molecule has 1 rings (SSSR count). The first-order valence-electron chi connectivity index (χ1n) is 11.2. The van der Waals surface area contributed by atoms with Crippen LogP contribution in [0.1, 0.15) is 110 Å². The monoisotopic (exact) mass is 365 g/mol. The maximum absolute atomic E-state index is 9.45. The standard InChI is InChI=1S/C23H43NO2/c1-3-5-6-7-8-9-10-11-12-13-14-15-16-17-18-19-22-24-23(4-2,20-25)21-26-22/h11-12,25H,3-10,13-21H2,1-2H3/b12-11+. The summed E-state index contributed by atoms with van der Waals surface area (Å²) in [6, 6.07) is 0. The lowest BCUT2D eigenvalue weighted by atomic mass is 10.0. The predicted molar refractivity (Wildman–Crippen MR) is 113 cm³/mol. The Morgan fingerprint density at radius 3 is 2.00 bits per heavy atom. The molecule has 1 heterocycles. The third kappa shape index (κ3) is 10.4. The molecule has 1 unspecified atom stereocenters. The van der Waals surface area contributed by atoms with Crippen LogP contribution in [-0.2, 0) is 4.74 Å². The molecule has 0 fully saturated rings. The Balaban J connectivity index is 1.87. The molecule has 0 aromatic heterocycles. The van der Waals surface area contributed by atoms with Crippen molar-refractivity contribution in [2.75, 3.05) is 13.2 Å². The number of hydrogen-bond acceptors (Lipinski definition) is 3. The van der Waals surface area contributed by atoms with Crippen LogP contribution >= 0.6 is 0 Å². The van der Waals surface area contributed by atoms with Gasteiger partial charge in [0.15, 0.2) is 5.90 Å². The summed E-state index contributed by atoms with van der Waals surface area (Å²) in [5.74, 6) is 0.860. The summed E-state index contributed by atoms with van der Waals surface area (Å²) in [5, 5.41) is 9.45. The van der Waals surface area contributed by atoms with Gasteiger partial charge in [0.05, 0.1) is 6.61 Å². The van der Waals surface area contributed by atoms with Gasteiger partial charge < -0.3 is 9.84 Å². The van der Waals surface area contributed by atoms with Crippen molar-refractivity contribution in [1.29, 1.82) is 0 Å². The number of aliphatic hydroxyl groups excluding tert-OH is 1. The molecule has 0 aliphatic carbocycles. The van der Waals surface area contributed by atoms with Gasteiger partial charge >= 0.3 is 0 Å². The average Bonchev–Trinajstić information content (AvgIpc) is 3.09. The summed E-state index contributed by atoms with van der Waals surface area (Å²) in [4.78, 5) is 4.60. The number of allylic oxidation sites excluding steroid dienone is 2. The highest BCUT2D eigenvalue weighted by molar-refractivity contribution is 5.78. The van der Waals surface area contributed by atoms with E-state index < -0.39 is 0 Å². The van der Waals surface area contributed by atoms with E-state index in [2.05, 4.69) is 31.0 Å². The number of aliphatic imine (C=N–C) groups is 1. The van der Waals surface area contributed by atoms with E-state index in [1.54, 1.807) is 0 Å². The molecule has 0 amide bonds. The van der Waals surface area contributed by atoms with E-state index in [1.165, 1.54) is 77.0 Å². The van der Waals surface area contributed by atoms with Crippen molar-refractivity contribution in [3.63, 3.8) is 0 Å². The Morgan fingerprint density at radius 2 is 1.46 bits per heavy atom. The third-order valence-electron chi connectivity index (χ3n) is 5.47. The molecule has 26 heavy (non-hydrogen) atoms. The quantitative estimate of drug-likeness (QED) is 0.233. The van der Waals surface area contributed by atoms with Crippen LogP contribution in [0.5, 0.6) is 0 Å². The SMILES string of the molecule is CCCCCCCC/C=C/CCCCCCCC1=NC(CC)(CO)CO1. The topological polar surface area (TPSA) is 41.8 Å². The molecular formula is C23H43NO2. The normalized spacial score (nSPS) is 19.9. The van der Waals surface area contributed by atoms with Crippen molar-refractivity contribution in [1.82, 2.24) is 0 Å². The highest BCUT2D eigenvalue weighted by atomic mass is 16.5. The zero-order chi connectivity index (χ0) is 18.9. The number of ether oxygens (including phenoxy) is 1. The highest BCUT2D eigenvalue weighted by Crippen LogP contribution is 2.24. The fourth-order valence-electron chi connectivity index (χ4n) is 3.40. The number of nitrogens with zero attached hydrogens (tertiary/aromatic N) is 1. The maximum atomic E-state index is 9.45. The molecule has 152 valence electrons. The molecule has 0 saturated carbocycles. The van der Waals surface area contributed by atoms with Crippen molar-refractivity contribution < 1.29 is 9.84 Å². The van der Waals surface area contributed by atoms with Crippen molar-refractivity contribution in [2.45, 2.75) is 116 Å². The Hall–Kier alpha value is -0.830. The van der Waals surface area contributed by atoms with Gasteiger partial charge in [0.2, 0.25) is 0 Å². The van der Waals surface area contributed by atoms with Gasteiger partial charge in [-0.25, -0.2) is 4.99 Å². The zero-order valence-corrected chi connectivity index (χ0v) is 17.5. The van der Waals surface area contributed by atoms with Gasteiger partial charge in [-0.05, 0) is 38.5 Å². The molecule has 1 aliphatic heterocycles. The molecule has 0 saturated heterocycles. The molecule has 3 nitrogen and oxygen atoms in total. The number of hydrogen-bond donors (Lipinski definition) is 1. The summed E-state index contributed by atoms with van der Waals surface area (Å²) in [6.07, 6.45) is 23.7. The molecule has 1 atom stereocenters. The minimum Gasteiger partial charge on any atom is -0.478 e. The van der Waals surface area contributed by atoms with E-state index in [0.29, 0.717) is 6.61 Å². The first-order chi connectivity index (χ1) is 12.8. The van der Waals surface area contributed by atoms with Crippen LogP contribution in [0.4, 0.5) is 0 Å². The molecule has 0 aromatic carbocycles. The van der Waals surface area contributed by atoms with Gasteiger partial charge in [0.25, 0.3) is 0 Å². The number of unbranched alkanes of at least 4 members (excludes halogenated alkanes) is 11. The van der Waals surface area contributed by atoms with Crippen LogP contribution in [0.25, 0.3) is 0 Å².